The Balaban J connectivity index is 2.09. The molecule has 2 aromatic carbocycles. The highest BCUT2D eigenvalue weighted by atomic mass is 35.5. The van der Waals surface area contributed by atoms with Crippen molar-refractivity contribution in [3.05, 3.63) is 71.0 Å². The van der Waals surface area contributed by atoms with Crippen LogP contribution in [0.15, 0.2) is 59.1 Å². The van der Waals surface area contributed by atoms with E-state index in [1.807, 2.05) is 66.1 Å². The molecule has 0 aliphatic heterocycles. The Hall–Kier alpha value is -2.83. The predicted molar refractivity (Wildman–Crippen MR) is 89.3 cm³/mol. The minimum Gasteiger partial charge on any atom is -0.397 e. The monoisotopic (exact) mass is 319 g/mol. The molecule has 0 bridgehead atoms. The van der Waals surface area contributed by atoms with Gasteiger partial charge in [0.1, 0.15) is 11.6 Å². The Morgan fingerprint density at radius 3 is 2.43 bits per heavy atom. The van der Waals surface area contributed by atoms with Crippen molar-refractivity contribution in [1.82, 2.24) is 0 Å². The lowest BCUT2D eigenvalue weighted by atomic mass is 10.1. The summed E-state index contributed by atoms with van der Waals surface area (Å²) in [5.74, 6) is 0.741. The second-order valence-corrected chi connectivity index (χ2v) is 5.83. The molecule has 0 radical (unpaired) electrons. The molecule has 0 atom stereocenters. The van der Waals surface area contributed by atoms with Crippen molar-refractivity contribution < 1.29 is 8.82 Å². The summed E-state index contributed by atoms with van der Waals surface area (Å²) in [6.07, 6.45) is 1.92. The third-order valence-electron chi connectivity index (χ3n) is 4.06. The van der Waals surface area contributed by atoms with Gasteiger partial charge in [0.15, 0.2) is 0 Å². The first-order chi connectivity index (χ1) is 11.2. The number of aromatic nitrogens is 1. The molecule has 4 aromatic rings. The third-order valence-corrected chi connectivity index (χ3v) is 4.31. The van der Waals surface area contributed by atoms with Crippen LogP contribution in [-0.2, 0) is 0 Å². The SMILES string of the molecule is Cc1c(C#N)c2ccccc2c2oc(-c3ccc(Cl)cc3)c[n+]12. The Bertz CT molecular complexity index is 1090. The van der Waals surface area contributed by atoms with E-state index in [9.17, 15) is 5.26 Å². The van der Waals surface area contributed by atoms with E-state index >= 15 is 0 Å². The van der Waals surface area contributed by atoms with Crippen molar-refractivity contribution in [2.75, 3.05) is 0 Å². The molecular formula is C19H12ClN2O+. The molecule has 4 rings (SSSR count). The van der Waals surface area contributed by atoms with E-state index in [-0.39, 0.29) is 0 Å². The third kappa shape index (κ3) is 2.08. The van der Waals surface area contributed by atoms with Gasteiger partial charge in [0.05, 0.1) is 5.39 Å². The second kappa shape index (κ2) is 5.12. The quantitative estimate of drug-likeness (QED) is 0.478. The van der Waals surface area contributed by atoms with Gasteiger partial charge in [0, 0.05) is 22.9 Å². The molecule has 0 saturated carbocycles. The Kier molecular flexibility index (Phi) is 3.07. The number of fused-ring (bicyclic) bond motifs is 3. The summed E-state index contributed by atoms with van der Waals surface area (Å²) in [5, 5.41) is 12.0. The minimum atomic E-state index is 0.668. The van der Waals surface area contributed by atoms with Crippen molar-refractivity contribution in [2.24, 2.45) is 0 Å². The number of nitriles is 1. The normalized spacial score (nSPS) is 11.0. The number of rotatable bonds is 1. The number of hydrogen-bond acceptors (Lipinski definition) is 2. The summed E-state index contributed by atoms with van der Waals surface area (Å²) in [4.78, 5) is 0. The minimum absolute atomic E-state index is 0.668. The molecule has 0 amide bonds. The molecule has 2 aromatic heterocycles. The van der Waals surface area contributed by atoms with E-state index in [1.165, 1.54) is 0 Å². The number of pyridine rings is 1. The summed E-state index contributed by atoms with van der Waals surface area (Å²) in [6, 6.07) is 17.6. The van der Waals surface area contributed by atoms with E-state index < -0.39 is 0 Å². The highest BCUT2D eigenvalue weighted by molar-refractivity contribution is 6.30. The van der Waals surface area contributed by atoms with Crippen LogP contribution in [0.4, 0.5) is 0 Å². The van der Waals surface area contributed by atoms with Crippen molar-refractivity contribution in [2.45, 2.75) is 6.92 Å². The van der Waals surface area contributed by atoms with Crippen LogP contribution in [0.3, 0.4) is 0 Å². The van der Waals surface area contributed by atoms with Gasteiger partial charge in [-0.15, -0.1) is 4.40 Å². The van der Waals surface area contributed by atoms with Crippen LogP contribution in [-0.4, -0.2) is 0 Å². The second-order valence-electron chi connectivity index (χ2n) is 5.40. The van der Waals surface area contributed by atoms with Gasteiger partial charge in [-0.25, -0.2) is 0 Å². The molecule has 0 fully saturated rings. The lowest BCUT2D eigenvalue weighted by Crippen LogP contribution is -2.24. The molecule has 0 unspecified atom stereocenters. The smallest absolute Gasteiger partial charge is 0.387 e. The Morgan fingerprint density at radius 2 is 1.74 bits per heavy atom. The Morgan fingerprint density at radius 1 is 1.04 bits per heavy atom. The van der Waals surface area contributed by atoms with Crippen LogP contribution in [0.5, 0.6) is 0 Å². The average Bonchev–Trinajstić information content (AvgIpc) is 3.02. The van der Waals surface area contributed by atoms with Crippen LogP contribution in [0.25, 0.3) is 27.8 Å². The Labute approximate surface area is 138 Å². The number of hydrogen-bond donors (Lipinski definition) is 0. The summed E-state index contributed by atoms with van der Waals surface area (Å²) in [5.41, 5.74) is 3.22. The number of halogens is 1. The van der Waals surface area contributed by atoms with Crippen molar-refractivity contribution in [3.8, 4) is 17.4 Å². The van der Waals surface area contributed by atoms with Crippen LogP contribution in [0.1, 0.15) is 11.3 Å². The van der Waals surface area contributed by atoms with Crippen LogP contribution < -0.4 is 4.40 Å². The zero-order valence-corrected chi connectivity index (χ0v) is 13.1. The van der Waals surface area contributed by atoms with E-state index in [4.69, 9.17) is 16.0 Å². The van der Waals surface area contributed by atoms with Crippen molar-refractivity contribution >= 4 is 28.1 Å². The maximum Gasteiger partial charge on any atom is 0.387 e. The summed E-state index contributed by atoms with van der Waals surface area (Å²) >= 11 is 5.95. The van der Waals surface area contributed by atoms with Crippen LogP contribution in [0.2, 0.25) is 5.02 Å². The fraction of sp³-hybridized carbons (Fsp3) is 0.0526. The average molecular weight is 320 g/mol. The molecule has 2 heterocycles. The summed E-state index contributed by atoms with van der Waals surface area (Å²) in [6.45, 7) is 1.93. The van der Waals surface area contributed by atoms with E-state index in [0.29, 0.717) is 10.6 Å². The summed E-state index contributed by atoms with van der Waals surface area (Å²) < 4.78 is 8.03. The first kappa shape index (κ1) is 13.8. The van der Waals surface area contributed by atoms with E-state index in [2.05, 4.69) is 6.07 Å². The topological polar surface area (TPSA) is 41.0 Å². The van der Waals surface area contributed by atoms with Gasteiger partial charge in [-0.05, 0) is 30.3 Å². The lowest BCUT2D eigenvalue weighted by Gasteiger charge is -1.99. The van der Waals surface area contributed by atoms with Crippen LogP contribution >= 0.6 is 11.6 Å². The van der Waals surface area contributed by atoms with Gasteiger partial charge in [0.2, 0.25) is 17.7 Å². The maximum atomic E-state index is 9.52. The zero-order valence-electron chi connectivity index (χ0n) is 12.4. The van der Waals surface area contributed by atoms with E-state index in [1.54, 1.807) is 0 Å². The molecule has 110 valence electrons. The molecule has 0 saturated heterocycles. The molecule has 0 N–H and O–H groups in total. The van der Waals surface area contributed by atoms with Gasteiger partial charge in [0.25, 0.3) is 0 Å². The predicted octanol–water partition coefficient (Wildman–Crippen LogP) is 4.67. The van der Waals surface area contributed by atoms with Crippen molar-refractivity contribution in [1.29, 1.82) is 5.26 Å². The largest absolute Gasteiger partial charge is 0.397 e. The van der Waals surface area contributed by atoms with Crippen molar-refractivity contribution in [3.63, 3.8) is 0 Å². The number of nitrogens with zero attached hydrogens (tertiary/aromatic N) is 2. The molecule has 3 nitrogen and oxygen atoms in total. The first-order valence-corrected chi connectivity index (χ1v) is 7.59. The van der Waals surface area contributed by atoms with Gasteiger partial charge < -0.3 is 4.42 Å². The van der Waals surface area contributed by atoms with Gasteiger partial charge in [-0.1, -0.05) is 29.8 Å². The fourth-order valence-corrected chi connectivity index (χ4v) is 3.01. The molecule has 23 heavy (non-hydrogen) atoms. The standard InChI is InChI=1S/C19H12ClN2O/c1-12-17(10-21)15-4-2-3-5-16(15)19-22(12)11-18(23-19)13-6-8-14(20)9-7-13/h2-9,11H,1H3/q+1. The summed E-state index contributed by atoms with van der Waals surface area (Å²) in [7, 11) is 0. The molecule has 0 aliphatic carbocycles. The van der Waals surface area contributed by atoms with Gasteiger partial charge in [-0.3, -0.25) is 0 Å². The molecule has 0 aliphatic rings. The zero-order chi connectivity index (χ0) is 16.0. The van der Waals surface area contributed by atoms with Gasteiger partial charge in [-0.2, -0.15) is 5.26 Å². The molecule has 4 heteroatoms. The number of oxazole rings is 1. The number of benzene rings is 2. The lowest BCUT2D eigenvalue weighted by molar-refractivity contribution is -0.520. The van der Waals surface area contributed by atoms with Gasteiger partial charge >= 0.3 is 5.71 Å². The molecular weight excluding hydrogens is 308 g/mol. The fourth-order valence-electron chi connectivity index (χ4n) is 2.88. The maximum absolute atomic E-state index is 9.52. The number of aryl methyl sites for hydroxylation is 1. The van der Waals surface area contributed by atoms with Crippen LogP contribution in [0, 0.1) is 18.3 Å². The highest BCUT2D eigenvalue weighted by Crippen LogP contribution is 2.28. The highest BCUT2D eigenvalue weighted by Gasteiger charge is 2.23. The van der Waals surface area contributed by atoms with E-state index in [0.717, 1.165) is 33.5 Å². The first-order valence-electron chi connectivity index (χ1n) is 7.21. The molecule has 0 spiro atoms.